The van der Waals surface area contributed by atoms with Crippen LogP contribution in [0.1, 0.15) is 15.9 Å². The zero-order valence-corrected chi connectivity index (χ0v) is 14.8. The van der Waals surface area contributed by atoms with Gasteiger partial charge in [-0.2, -0.15) is 0 Å². The minimum Gasteiger partial charge on any atom is -0.490 e. The van der Waals surface area contributed by atoms with E-state index in [2.05, 4.69) is 5.32 Å². The van der Waals surface area contributed by atoms with Gasteiger partial charge in [0.1, 0.15) is 0 Å². The smallest absolute Gasteiger partial charge is 0.338 e. The van der Waals surface area contributed by atoms with Crippen molar-refractivity contribution in [1.29, 1.82) is 0 Å². The molecule has 0 atom stereocenters. The molecule has 2 aromatic rings. The molecule has 0 aliphatic carbocycles. The predicted octanol–water partition coefficient (Wildman–Crippen LogP) is 2.62. The highest BCUT2D eigenvalue weighted by Gasteiger charge is 2.20. The van der Waals surface area contributed by atoms with Crippen molar-refractivity contribution in [2.75, 3.05) is 19.0 Å². The van der Waals surface area contributed by atoms with Crippen LogP contribution in [0, 0.1) is 27.2 Å². The van der Waals surface area contributed by atoms with Crippen LogP contribution in [0.2, 0.25) is 0 Å². The number of carbonyl (C=O) groups is 2. The molecule has 1 amide bonds. The zero-order chi connectivity index (χ0) is 20.8. The Morgan fingerprint density at radius 2 is 1.71 bits per heavy atom. The number of nitrogens with one attached hydrogen (secondary N) is 1. The SMILES string of the molecule is COc1ccc(C(=O)OCC(=O)Nc2ccc(C)c([N+](=O)[O-])c2)cc1[N+](=O)[O-]. The maximum absolute atomic E-state index is 12.0. The van der Waals surface area contributed by atoms with Crippen LogP contribution in [0.4, 0.5) is 17.1 Å². The number of rotatable bonds is 7. The van der Waals surface area contributed by atoms with Gasteiger partial charge in [0.15, 0.2) is 12.4 Å². The van der Waals surface area contributed by atoms with Crippen molar-refractivity contribution in [2.45, 2.75) is 6.92 Å². The van der Waals surface area contributed by atoms with Crippen molar-refractivity contribution in [3.05, 3.63) is 67.8 Å². The van der Waals surface area contributed by atoms with Crippen LogP contribution in [0.25, 0.3) is 0 Å². The number of hydrogen-bond donors (Lipinski definition) is 1. The lowest BCUT2D eigenvalue weighted by Crippen LogP contribution is -2.21. The van der Waals surface area contributed by atoms with Crippen LogP contribution in [0.3, 0.4) is 0 Å². The summed E-state index contributed by atoms with van der Waals surface area (Å²) >= 11 is 0. The lowest BCUT2D eigenvalue weighted by Gasteiger charge is -2.08. The van der Waals surface area contributed by atoms with E-state index in [9.17, 15) is 29.8 Å². The van der Waals surface area contributed by atoms with Gasteiger partial charge in [-0.1, -0.05) is 6.07 Å². The van der Waals surface area contributed by atoms with Gasteiger partial charge >= 0.3 is 11.7 Å². The number of carbonyl (C=O) groups excluding carboxylic acids is 2. The summed E-state index contributed by atoms with van der Waals surface area (Å²) in [6.45, 7) is 0.875. The average molecular weight is 389 g/mol. The Labute approximate surface area is 158 Å². The number of esters is 1. The minimum absolute atomic E-state index is 0.0275. The molecule has 0 saturated heterocycles. The summed E-state index contributed by atoms with van der Waals surface area (Å²) in [5.41, 5.74) is -0.131. The fraction of sp³-hybridized carbons (Fsp3) is 0.176. The summed E-state index contributed by atoms with van der Waals surface area (Å²) in [7, 11) is 1.25. The summed E-state index contributed by atoms with van der Waals surface area (Å²) in [5, 5.41) is 24.3. The number of anilines is 1. The summed E-state index contributed by atoms with van der Waals surface area (Å²) < 4.78 is 9.66. The first-order chi connectivity index (χ1) is 13.2. The Balaban J connectivity index is 2.02. The first-order valence-corrected chi connectivity index (χ1v) is 7.77. The number of nitro benzene ring substituents is 2. The molecular formula is C17H15N3O8. The Morgan fingerprint density at radius 1 is 1.04 bits per heavy atom. The Hall–Kier alpha value is -4.02. The van der Waals surface area contributed by atoms with E-state index in [1.165, 1.54) is 37.4 Å². The molecule has 0 fully saturated rings. The Bertz CT molecular complexity index is 957. The normalized spacial score (nSPS) is 10.1. The van der Waals surface area contributed by atoms with Crippen LogP contribution >= 0.6 is 0 Å². The number of methoxy groups -OCH3 is 1. The second kappa shape index (κ2) is 8.58. The van der Waals surface area contributed by atoms with Crippen molar-refractivity contribution in [3.8, 4) is 5.75 Å². The number of aryl methyl sites for hydroxylation is 1. The third-order valence-electron chi connectivity index (χ3n) is 3.64. The van der Waals surface area contributed by atoms with E-state index in [1.807, 2.05) is 0 Å². The largest absolute Gasteiger partial charge is 0.490 e. The van der Waals surface area contributed by atoms with Gasteiger partial charge in [-0.25, -0.2) is 4.79 Å². The monoisotopic (exact) mass is 389 g/mol. The van der Waals surface area contributed by atoms with Crippen LogP contribution in [-0.2, 0) is 9.53 Å². The van der Waals surface area contributed by atoms with Gasteiger partial charge in [0.05, 0.1) is 22.5 Å². The number of hydrogen-bond acceptors (Lipinski definition) is 8. The topological polar surface area (TPSA) is 151 Å². The highest BCUT2D eigenvalue weighted by atomic mass is 16.6. The van der Waals surface area contributed by atoms with Crippen LogP contribution in [-0.4, -0.2) is 35.4 Å². The van der Waals surface area contributed by atoms with E-state index in [0.717, 1.165) is 6.07 Å². The van der Waals surface area contributed by atoms with Crippen LogP contribution < -0.4 is 10.1 Å². The van der Waals surface area contributed by atoms with Gasteiger partial charge in [-0.15, -0.1) is 0 Å². The quantitative estimate of drug-likeness (QED) is 0.431. The highest BCUT2D eigenvalue weighted by molar-refractivity contribution is 5.96. The first-order valence-electron chi connectivity index (χ1n) is 7.77. The number of nitrogens with zero attached hydrogens (tertiary/aromatic N) is 2. The lowest BCUT2D eigenvalue weighted by molar-refractivity contribution is -0.385. The summed E-state index contributed by atoms with van der Waals surface area (Å²) in [4.78, 5) is 44.5. The third kappa shape index (κ3) is 4.78. The standard InChI is InChI=1S/C17H15N3O8/c1-10-3-5-12(8-13(10)19(23)24)18-16(21)9-28-17(22)11-4-6-15(27-2)14(7-11)20(25)26/h3-8H,9H2,1-2H3,(H,18,21). The van der Waals surface area contributed by atoms with E-state index in [0.29, 0.717) is 5.56 Å². The molecule has 0 saturated carbocycles. The van der Waals surface area contributed by atoms with Gasteiger partial charge in [0.25, 0.3) is 11.6 Å². The van der Waals surface area contributed by atoms with E-state index in [4.69, 9.17) is 9.47 Å². The fourth-order valence-electron chi connectivity index (χ4n) is 2.25. The van der Waals surface area contributed by atoms with E-state index in [-0.39, 0.29) is 22.7 Å². The van der Waals surface area contributed by atoms with Gasteiger partial charge < -0.3 is 14.8 Å². The second-order valence-electron chi connectivity index (χ2n) is 5.53. The van der Waals surface area contributed by atoms with Gasteiger partial charge in [-0.3, -0.25) is 25.0 Å². The predicted molar refractivity (Wildman–Crippen MR) is 96.4 cm³/mol. The van der Waals surface area contributed by atoms with Crippen LogP contribution in [0.15, 0.2) is 36.4 Å². The van der Waals surface area contributed by atoms with E-state index in [1.54, 1.807) is 6.92 Å². The molecule has 0 aliphatic rings. The van der Waals surface area contributed by atoms with Crippen molar-refractivity contribution in [3.63, 3.8) is 0 Å². The molecule has 0 radical (unpaired) electrons. The number of nitro groups is 2. The third-order valence-corrected chi connectivity index (χ3v) is 3.64. The second-order valence-corrected chi connectivity index (χ2v) is 5.53. The van der Waals surface area contributed by atoms with Gasteiger partial charge in [0.2, 0.25) is 0 Å². The highest BCUT2D eigenvalue weighted by Crippen LogP contribution is 2.27. The minimum atomic E-state index is -0.948. The number of benzene rings is 2. The van der Waals surface area contributed by atoms with E-state index >= 15 is 0 Å². The molecule has 1 N–H and O–H groups in total. The molecule has 11 nitrogen and oxygen atoms in total. The van der Waals surface area contributed by atoms with Crippen molar-refractivity contribution < 1.29 is 28.9 Å². The number of ether oxygens (including phenoxy) is 2. The zero-order valence-electron chi connectivity index (χ0n) is 14.8. The molecule has 0 bridgehead atoms. The molecule has 0 unspecified atom stereocenters. The van der Waals surface area contributed by atoms with Gasteiger partial charge in [-0.05, 0) is 25.1 Å². The van der Waals surface area contributed by atoms with Crippen LogP contribution in [0.5, 0.6) is 5.75 Å². The van der Waals surface area contributed by atoms with E-state index < -0.39 is 34.0 Å². The maximum atomic E-state index is 12.0. The molecule has 146 valence electrons. The summed E-state index contributed by atoms with van der Waals surface area (Å²) in [5.74, 6) is -1.70. The first kappa shape index (κ1) is 20.3. The molecule has 2 rings (SSSR count). The Kier molecular flexibility index (Phi) is 6.22. The van der Waals surface area contributed by atoms with Crippen molar-refractivity contribution in [2.24, 2.45) is 0 Å². The fourth-order valence-corrected chi connectivity index (χ4v) is 2.25. The van der Waals surface area contributed by atoms with Gasteiger partial charge in [0, 0.05) is 23.4 Å². The molecule has 0 aliphatic heterocycles. The molecule has 0 heterocycles. The molecule has 11 heteroatoms. The Morgan fingerprint density at radius 3 is 2.32 bits per heavy atom. The molecular weight excluding hydrogens is 374 g/mol. The summed E-state index contributed by atoms with van der Waals surface area (Å²) in [6.07, 6.45) is 0. The molecule has 0 aromatic heterocycles. The van der Waals surface area contributed by atoms with Crippen molar-refractivity contribution >= 4 is 28.9 Å². The summed E-state index contributed by atoms with van der Waals surface area (Å²) in [6, 6.07) is 7.59. The molecule has 28 heavy (non-hydrogen) atoms. The molecule has 2 aromatic carbocycles. The number of amides is 1. The van der Waals surface area contributed by atoms with Crippen molar-refractivity contribution in [1.82, 2.24) is 0 Å². The lowest BCUT2D eigenvalue weighted by atomic mass is 10.2. The molecule has 0 spiro atoms. The average Bonchev–Trinajstić information content (AvgIpc) is 2.66. The maximum Gasteiger partial charge on any atom is 0.338 e.